The summed E-state index contributed by atoms with van der Waals surface area (Å²) in [7, 11) is 2.18. The van der Waals surface area contributed by atoms with Crippen LogP contribution in [0.2, 0.25) is 10.2 Å². The van der Waals surface area contributed by atoms with Crippen molar-refractivity contribution in [3.05, 3.63) is 28.0 Å². The van der Waals surface area contributed by atoms with E-state index in [0.717, 1.165) is 25.3 Å². The second-order valence-electron chi connectivity index (χ2n) is 5.12. The molecule has 1 fully saturated rings. The van der Waals surface area contributed by atoms with Crippen molar-refractivity contribution < 1.29 is 0 Å². The average molecular weight is 288 g/mol. The van der Waals surface area contributed by atoms with Gasteiger partial charge in [-0.2, -0.15) is 0 Å². The molecule has 1 saturated heterocycles. The second-order valence-corrected chi connectivity index (χ2v) is 5.91. The molecule has 18 heavy (non-hydrogen) atoms. The monoisotopic (exact) mass is 287 g/mol. The fourth-order valence-corrected chi connectivity index (χ4v) is 2.75. The quantitative estimate of drug-likeness (QED) is 0.780. The van der Waals surface area contributed by atoms with E-state index < -0.39 is 0 Å². The van der Waals surface area contributed by atoms with Crippen molar-refractivity contribution >= 4 is 23.2 Å². The van der Waals surface area contributed by atoms with Gasteiger partial charge in [-0.25, -0.2) is 4.98 Å². The fourth-order valence-electron chi connectivity index (χ4n) is 2.42. The zero-order valence-corrected chi connectivity index (χ0v) is 12.5. The highest BCUT2D eigenvalue weighted by molar-refractivity contribution is 6.32. The second kappa shape index (κ2) is 5.74. The Morgan fingerprint density at radius 1 is 1.22 bits per heavy atom. The van der Waals surface area contributed by atoms with E-state index in [1.54, 1.807) is 6.07 Å². The summed E-state index contributed by atoms with van der Waals surface area (Å²) in [6, 6.07) is 4.64. The number of nitrogens with zero attached hydrogens (tertiary/aromatic N) is 3. The molecule has 1 aromatic rings. The van der Waals surface area contributed by atoms with Gasteiger partial charge in [0.15, 0.2) is 0 Å². The molecule has 0 bridgehead atoms. The lowest BCUT2D eigenvalue weighted by atomic mass is 10.1. The molecule has 2 heterocycles. The van der Waals surface area contributed by atoms with Gasteiger partial charge >= 0.3 is 0 Å². The summed E-state index contributed by atoms with van der Waals surface area (Å²) >= 11 is 12.1. The Hall–Kier alpha value is -0.350. The SMILES string of the molecule is CC1CN(Cc2nc(Cl)ccc2Cl)CC(C)N1C. The predicted octanol–water partition coefficient (Wildman–Crippen LogP) is 2.91. The van der Waals surface area contributed by atoms with Crippen molar-refractivity contribution in [2.24, 2.45) is 0 Å². The lowest BCUT2D eigenvalue weighted by Crippen LogP contribution is -2.54. The molecule has 0 aromatic carbocycles. The molecule has 0 N–H and O–H groups in total. The Kier molecular flexibility index (Phi) is 4.49. The van der Waals surface area contributed by atoms with Crippen LogP contribution in [0.4, 0.5) is 0 Å². The van der Waals surface area contributed by atoms with Crippen LogP contribution in [0.15, 0.2) is 12.1 Å². The van der Waals surface area contributed by atoms with Crippen molar-refractivity contribution in [1.82, 2.24) is 14.8 Å². The zero-order valence-electron chi connectivity index (χ0n) is 11.0. The molecule has 2 atom stereocenters. The van der Waals surface area contributed by atoms with E-state index in [9.17, 15) is 0 Å². The normalized spacial score (nSPS) is 26.5. The first-order valence-corrected chi connectivity index (χ1v) is 6.98. The first-order valence-electron chi connectivity index (χ1n) is 6.22. The van der Waals surface area contributed by atoms with Gasteiger partial charge in [-0.15, -0.1) is 0 Å². The van der Waals surface area contributed by atoms with Crippen LogP contribution in [-0.4, -0.2) is 47.0 Å². The van der Waals surface area contributed by atoms with E-state index in [4.69, 9.17) is 23.2 Å². The van der Waals surface area contributed by atoms with Crippen LogP contribution < -0.4 is 0 Å². The molecule has 0 radical (unpaired) electrons. The van der Waals surface area contributed by atoms with E-state index in [1.807, 2.05) is 6.07 Å². The summed E-state index contributed by atoms with van der Waals surface area (Å²) < 4.78 is 0. The summed E-state index contributed by atoms with van der Waals surface area (Å²) in [5, 5.41) is 1.20. The first kappa shape index (κ1) is 14.1. The van der Waals surface area contributed by atoms with Crippen LogP contribution in [0, 0.1) is 0 Å². The van der Waals surface area contributed by atoms with Crippen molar-refractivity contribution in [2.75, 3.05) is 20.1 Å². The number of piperazine rings is 1. The highest BCUT2D eigenvalue weighted by Gasteiger charge is 2.26. The Bertz CT molecular complexity index is 413. The minimum atomic E-state index is 0.504. The van der Waals surface area contributed by atoms with Gasteiger partial charge in [0.2, 0.25) is 0 Å². The molecule has 0 amide bonds. The van der Waals surface area contributed by atoms with Crippen molar-refractivity contribution in [3.8, 4) is 0 Å². The summed E-state index contributed by atoms with van der Waals surface area (Å²) in [4.78, 5) is 9.11. The maximum absolute atomic E-state index is 6.16. The Morgan fingerprint density at radius 2 is 1.83 bits per heavy atom. The molecule has 100 valence electrons. The van der Waals surface area contributed by atoms with Crippen LogP contribution in [0.3, 0.4) is 0 Å². The summed E-state index contributed by atoms with van der Waals surface area (Å²) in [6.07, 6.45) is 0. The number of hydrogen-bond acceptors (Lipinski definition) is 3. The van der Waals surface area contributed by atoms with E-state index in [0.29, 0.717) is 22.3 Å². The minimum absolute atomic E-state index is 0.504. The maximum Gasteiger partial charge on any atom is 0.129 e. The van der Waals surface area contributed by atoms with Crippen LogP contribution in [-0.2, 0) is 6.54 Å². The molecule has 2 rings (SSSR count). The number of aromatic nitrogens is 1. The number of rotatable bonds is 2. The van der Waals surface area contributed by atoms with Crippen molar-refractivity contribution in [1.29, 1.82) is 0 Å². The van der Waals surface area contributed by atoms with Crippen LogP contribution in [0.5, 0.6) is 0 Å². The third-order valence-corrected chi connectivity index (χ3v) is 4.25. The Balaban J connectivity index is 2.07. The van der Waals surface area contributed by atoms with Gasteiger partial charge in [0.1, 0.15) is 5.15 Å². The van der Waals surface area contributed by atoms with Gasteiger partial charge in [0.25, 0.3) is 0 Å². The topological polar surface area (TPSA) is 19.4 Å². The third-order valence-electron chi connectivity index (χ3n) is 3.69. The predicted molar refractivity (Wildman–Crippen MR) is 76.2 cm³/mol. The minimum Gasteiger partial charge on any atom is -0.298 e. The van der Waals surface area contributed by atoms with E-state index in [-0.39, 0.29) is 0 Å². The molecule has 2 unspecified atom stereocenters. The smallest absolute Gasteiger partial charge is 0.129 e. The molecule has 0 aliphatic carbocycles. The number of halogens is 2. The van der Waals surface area contributed by atoms with Crippen LogP contribution in [0.25, 0.3) is 0 Å². The molecular formula is C13H19Cl2N3. The van der Waals surface area contributed by atoms with E-state index in [2.05, 4.69) is 35.7 Å². The molecule has 0 spiro atoms. The highest BCUT2D eigenvalue weighted by Crippen LogP contribution is 2.21. The van der Waals surface area contributed by atoms with Gasteiger partial charge in [-0.1, -0.05) is 23.2 Å². The number of pyridine rings is 1. The van der Waals surface area contributed by atoms with E-state index >= 15 is 0 Å². The number of hydrogen-bond donors (Lipinski definition) is 0. The van der Waals surface area contributed by atoms with Crippen molar-refractivity contribution in [3.63, 3.8) is 0 Å². The zero-order chi connectivity index (χ0) is 13.3. The number of likely N-dealkylation sites (N-methyl/N-ethyl adjacent to an activating group) is 1. The molecule has 1 aliphatic rings. The molecule has 5 heteroatoms. The molecule has 1 aromatic heterocycles. The van der Waals surface area contributed by atoms with E-state index in [1.165, 1.54) is 0 Å². The van der Waals surface area contributed by atoms with Gasteiger partial charge < -0.3 is 0 Å². The third kappa shape index (κ3) is 3.15. The van der Waals surface area contributed by atoms with Crippen LogP contribution >= 0.6 is 23.2 Å². The van der Waals surface area contributed by atoms with Gasteiger partial charge in [0.05, 0.1) is 10.7 Å². The molecule has 0 saturated carbocycles. The Morgan fingerprint density at radius 3 is 2.44 bits per heavy atom. The lowest BCUT2D eigenvalue weighted by molar-refractivity contribution is 0.0549. The van der Waals surface area contributed by atoms with Gasteiger partial charge in [-0.3, -0.25) is 9.80 Å². The molecular weight excluding hydrogens is 269 g/mol. The maximum atomic E-state index is 6.16. The Labute approximate surface area is 119 Å². The van der Waals surface area contributed by atoms with Gasteiger partial charge in [-0.05, 0) is 33.0 Å². The summed E-state index contributed by atoms with van der Waals surface area (Å²) in [5.41, 5.74) is 0.869. The average Bonchev–Trinajstić information content (AvgIpc) is 2.31. The lowest BCUT2D eigenvalue weighted by Gasteiger charge is -2.42. The molecule has 3 nitrogen and oxygen atoms in total. The molecule has 1 aliphatic heterocycles. The highest BCUT2D eigenvalue weighted by atomic mass is 35.5. The fraction of sp³-hybridized carbons (Fsp3) is 0.615. The van der Waals surface area contributed by atoms with Crippen molar-refractivity contribution in [2.45, 2.75) is 32.5 Å². The summed E-state index contributed by atoms with van der Waals surface area (Å²) in [5.74, 6) is 0. The first-order chi connectivity index (χ1) is 8.47. The summed E-state index contributed by atoms with van der Waals surface area (Å²) in [6.45, 7) is 7.32. The largest absolute Gasteiger partial charge is 0.298 e. The van der Waals surface area contributed by atoms with Gasteiger partial charge in [0, 0.05) is 31.7 Å². The van der Waals surface area contributed by atoms with Crippen LogP contribution in [0.1, 0.15) is 19.5 Å². The standard InChI is InChI=1S/C13H19Cl2N3/c1-9-6-18(7-10(2)17(9)3)8-12-11(14)4-5-13(15)16-12/h4-5,9-10H,6-8H2,1-3H3.